The molecule has 0 spiro atoms. The van der Waals surface area contributed by atoms with Gasteiger partial charge in [0.25, 0.3) is 0 Å². The molecule has 10 unspecified atom stereocenters. The number of hydrogen-bond acceptors (Lipinski definition) is 17. The van der Waals surface area contributed by atoms with Gasteiger partial charge in [-0.3, -0.25) is 4.79 Å². The van der Waals surface area contributed by atoms with E-state index in [2.05, 4.69) is 0 Å². The van der Waals surface area contributed by atoms with E-state index in [1.807, 2.05) is 6.92 Å². The summed E-state index contributed by atoms with van der Waals surface area (Å²) >= 11 is 0. The van der Waals surface area contributed by atoms with Crippen LogP contribution in [0.1, 0.15) is 58.8 Å². The maximum Gasteiger partial charge on any atom is 0.316 e. The molecule has 17 nitrogen and oxygen atoms in total. The molecule has 17 heteroatoms. The van der Waals surface area contributed by atoms with E-state index < -0.39 is 117 Å². The van der Waals surface area contributed by atoms with Crippen LogP contribution in [-0.2, 0) is 14.3 Å². The van der Waals surface area contributed by atoms with Crippen molar-refractivity contribution in [2.24, 2.45) is 5.92 Å². The molecule has 14 N–H and O–H groups in total. The average Bonchev–Trinajstić information content (AvgIpc) is 2.97. The Morgan fingerprint density at radius 3 is 1.74 bits per heavy atom. The minimum absolute atomic E-state index is 0.202. The molecule has 1 saturated heterocycles. The van der Waals surface area contributed by atoms with Crippen molar-refractivity contribution in [3.05, 3.63) is 0 Å². The van der Waals surface area contributed by atoms with E-state index in [0.717, 1.165) is 19.3 Å². The van der Waals surface area contributed by atoms with Crippen molar-refractivity contribution in [3.8, 4) is 0 Å². The van der Waals surface area contributed by atoms with Gasteiger partial charge in [-0.15, -0.1) is 0 Å². The first kappa shape index (κ1) is 39.9. The molecule has 43 heavy (non-hydrogen) atoms. The average molecular weight is 635 g/mol. The molecule has 0 aromatic carbocycles. The highest BCUT2D eigenvalue weighted by Crippen LogP contribution is 2.31. The predicted octanol–water partition coefficient (Wildman–Crippen LogP) is -5.72. The number of rotatable bonds is 19. The smallest absolute Gasteiger partial charge is 0.316 e. The second-order valence-electron chi connectivity index (χ2n) is 11.2. The van der Waals surface area contributed by atoms with Crippen LogP contribution in [0.25, 0.3) is 0 Å². The van der Waals surface area contributed by atoms with Crippen LogP contribution in [0.15, 0.2) is 0 Å². The molecule has 1 heterocycles. The van der Waals surface area contributed by atoms with Crippen molar-refractivity contribution < 1.29 is 85.8 Å². The Kier molecular flexibility index (Phi) is 16.8. The van der Waals surface area contributed by atoms with Gasteiger partial charge in [0.1, 0.15) is 67.0 Å². The molecule has 0 aromatic heterocycles. The lowest BCUT2D eigenvalue weighted by Gasteiger charge is -2.40. The molecule has 0 saturated carbocycles. The van der Waals surface area contributed by atoms with E-state index in [9.17, 15) is 71.2 Å². The van der Waals surface area contributed by atoms with Crippen LogP contribution >= 0.6 is 0 Å². The number of ether oxygens (including phenoxy) is 2. The van der Waals surface area contributed by atoms with Gasteiger partial charge in [-0.25, -0.2) is 0 Å². The third-order valence-corrected chi connectivity index (χ3v) is 7.73. The number of hydrogen-bond donors (Lipinski definition) is 14. The quantitative estimate of drug-likeness (QED) is 0.0357. The molecule has 0 radical (unpaired) electrons. The third kappa shape index (κ3) is 11.0. The van der Waals surface area contributed by atoms with Crippen LogP contribution < -0.4 is 0 Å². The van der Waals surface area contributed by atoms with Crippen molar-refractivity contribution >= 4 is 5.97 Å². The third-order valence-electron chi connectivity index (χ3n) is 7.73. The fourth-order valence-corrected chi connectivity index (χ4v) is 4.70. The van der Waals surface area contributed by atoms with Crippen molar-refractivity contribution in [1.82, 2.24) is 0 Å². The lowest BCUT2D eigenvalue weighted by molar-refractivity contribution is -0.292. The zero-order chi connectivity index (χ0) is 33.2. The summed E-state index contributed by atoms with van der Waals surface area (Å²) < 4.78 is 10.3. The van der Waals surface area contributed by atoms with Crippen molar-refractivity contribution in [3.63, 3.8) is 0 Å². The topological polar surface area (TPSA) is 319 Å². The Morgan fingerprint density at radius 1 is 0.744 bits per heavy atom. The van der Waals surface area contributed by atoms with E-state index in [-0.39, 0.29) is 6.42 Å². The zero-order valence-corrected chi connectivity index (χ0v) is 24.2. The zero-order valence-electron chi connectivity index (χ0n) is 24.2. The lowest BCUT2D eigenvalue weighted by Crippen LogP contribution is -2.59. The number of aliphatic hydroxyl groups excluding tert-OH is 12. The van der Waals surface area contributed by atoms with Gasteiger partial charge in [0.15, 0.2) is 5.79 Å². The molecule has 0 bridgehead atoms. The highest BCUT2D eigenvalue weighted by atomic mass is 16.7. The maximum atomic E-state index is 13.1. The Morgan fingerprint density at radius 2 is 1.23 bits per heavy atom. The first-order valence-corrected chi connectivity index (χ1v) is 14.3. The number of carbonyl (C=O) groups is 1. The van der Waals surface area contributed by atoms with Crippen LogP contribution in [0.4, 0.5) is 0 Å². The normalized spacial score (nSPS) is 29.5. The summed E-state index contributed by atoms with van der Waals surface area (Å²) in [5.74, 6) is -6.45. The van der Waals surface area contributed by atoms with Gasteiger partial charge in [-0.1, -0.05) is 32.6 Å². The number of unbranched alkanes of at least 4 members (excludes halogenated alkanes) is 4. The molecule has 14 atom stereocenters. The fraction of sp³-hybridized carbons (Fsp3) is 0.962. The first-order valence-electron chi connectivity index (χ1n) is 14.3. The number of aliphatic hydroxyl groups is 14. The predicted molar refractivity (Wildman–Crippen MR) is 142 cm³/mol. The molecule has 0 amide bonds. The van der Waals surface area contributed by atoms with Crippen LogP contribution in [0.3, 0.4) is 0 Å². The van der Waals surface area contributed by atoms with Gasteiger partial charge in [-0.2, -0.15) is 0 Å². The fourth-order valence-electron chi connectivity index (χ4n) is 4.70. The van der Waals surface area contributed by atoms with Crippen molar-refractivity contribution in [1.29, 1.82) is 0 Å². The Labute approximate surface area is 248 Å². The molecular formula is C26H50O17. The minimum Gasteiger partial charge on any atom is -0.432 e. The second kappa shape index (κ2) is 18.1. The Hall–Kier alpha value is -1.13. The molecule has 1 aliphatic rings. The summed E-state index contributed by atoms with van der Waals surface area (Å²) in [7, 11) is 0. The summed E-state index contributed by atoms with van der Waals surface area (Å²) in [5.41, 5.74) is 0. The summed E-state index contributed by atoms with van der Waals surface area (Å²) in [6.07, 6.45) is -25.0. The molecule has 0 aromatic rings. The lowest BCUT2D eigenvalue weighted by atomic mass is 9.85. The molecule has 1 aliphatic heterocycles. The Balaban J connectivity index is 3.11. The first-order chi connectivity index (χ1) is 19.9. The monoisotopic (exact) mass is 634 g/mol. The standard InChI is InChI=1S/C26H50O17/c1-3-4-5-6-7-8-26(40,41)12(24(39)43-25-23(38)18(33)15(30)11(2)42-25)9-13(28)16(31)19(34)21(36)22(37)20(35)17(32)14(29)10-27/h11-23,25,27-38,40-41H,3-10H2,1-2H3/t11-,12?,13?,14?,15-,16?,17?,18+,19?,20?,21?,22?,23+,25?/m1/s1. The summed E-state index contributed by atoms with van der Waals surface area (Å²) in [6, 6.07) is 0. The van der Waals surface area contributed by atoms with Gasteiger partial charge in [0, 0.05) is 6.42 Å². The van der Waals surface area contributed by atoms with Crippen LogP contribution in [0.2, 0.25) is 0 Å². The summed E-state index contributed by atoms with van der Waals surface area (Å²) in [6.45, 7) is 2.23. The van der Waals surface area contributed by atoms with E-state index in [4.69, 9.17) is 14.6 Å². The van der Waals surface area contributed by atoms with Gasteiger partial charge < -0.3 is 81.0 Å². The van der Waals surface area contributed by atoms with Crippen molar-refractivity contribution in [2.45, 2.75) is 144 Å². The molecular weight excluding hydrogens is 584 g/mol. The van der Waals surface area contributed by atoms with E-state index in [1.165, 1.54) is 6.92 Å². The second-order valence-corrected chi connectivity index (χ2v) is 11.2. The van der Waals surface area contributed by atoms with E-state index in [1.54, 1.807) is 0 Å². The van der Waals surface area contributed by atoms with Gasteiger partial charge in [0.05, 0.1) is 18.8 Å². The van der Waals surface area contributed by atoms with Gasteiger partial charge >= 0.3 is 5.97 Å². The molecule has 1 fully saturated rings. The van der Waals surface area contributed by atoms with E-state index >= 15 is 0 Å². The number of carbonyl (C=O) groups excluding carboxylic acids is 1. The maximum absolute atomic E-state index is 13.1. The summed E-state index contributed by atoms with van der Waals surface area (Å²) in [5, 5.41) is 141. The Bertz CT molecular complexity index is 802. The highest BCUT2D eigenvalue weighted by Gasteiger charge is 2.49. The van der Waals surface area contributed by atoms with Gasteiger partial charge in [-0.05, 0) is 19.8 Å². The SMILES string of the molecule is CCCCCCCC(O)(O)C(CC(O)C(O)C(O)C(O)C(O)C(O)C(O)C(O)CO)C(=O)OC1O[C@H](C)[C@@H](O)[C@H](O)[C@@H]1O. The van der Waals surface area contributed by atoms with Crippen LogP contribution in [-0.4, -0.2) is 169 Å². The minimum atomic E-state index is -2.89. The summed E-state index contributed by atoms with van der Waals surface area (Å²) in [4.78, 5) is 13.1. The number of esters is 1. The van der Waals surface area contributed by atoms with E-state index in [0.29, 0.717) is 6.42 Å². The highest BCUT2D eigenvalue weighted by molar-refractivity contribution is 5.73. The van der Waals surface area contributed by atoms with Crippen molar-refractivity contribution in [2.75, 3.05) is 6.61 Å². The van der Waals surface area contributed by atoms with Crippen LogP contribution in [0, 0.1) is 5.92 Å². The van der Waals surface area contributed by atoms with Crippen LogP contribution in [0.5, 0.6) is 0 Å². The molecule has 256 valence electrons. The van der Waals surface area contributed by atoms with Gasteiger partial charge in [0.2, 0.25) is 6.29 Å². The molecule has 1 rings (SSSR count). The largest absolute Gasteiger partial charge is 0.432 e. The molecule has 0 aliphatic carbocycles.